The summed E-state index contributed by atoms with van der Waals surface area (Å²) >= 11 is 0. The van der Waals surface area contributed by atoms with Gasteiger partial charge >= 0.3 is 0 Å². The molecule has 1 fully saturated rings. The number of rotatable bonds is 2. The Morgan fingerprint density at radius 2 is 2.26 bits per heavy atom. The van der Waals surface area contributed by atoms with Gasteiger partial charge in [-0.3, -0.25) is 9.59 Å². The van der Waals surface area contributed by atoms with Crippen LogP contribution in [0, 0.1) is 5.92 Å². The Balaban J connectivity index is 1.75. The fourth-order valence-corrected chi connectivity index (χ4v) is 2.24. The van der Waals surface area contributed by atoms with Crippen molar-refractivity contribution in [2.75, 3.05) is 31.6 Å². The number of benzene rings is 1. The summed E-state index contributed by atoms with van der Waals surface area (Å²) in [6.45, 7) is 1.26. The smallest absolute Gasteiger partial charge is 0.262 e. The van der Waals surface area contributed by atoms with E-state index in [0.29, 0.717) is 30.1 Å². The van der Waals surface area contributed by atoms with Crippen LogP contribution in [0.25, 0.3) is 0 Å². The van der Waals surface area contributed by atoms with E-state index in [-0.39, 0.29) is 30.9 Å². The maximum Gasteiger partial charge on any atom is 0.262 e. The number of likely N-dealkylation sites (tertiary alicyclic amines) is 1. The van der Waals surface area contributed by atoms with E-state index in [2.05, 4.69) is 5.32 Å². The van der Waals surface area contributed by atoms with Crippen molar-refractivity contribution in [3.63, 3.8) is 0 Å². The van der Waals surface area contributed by atoms with Gasteiger partial charge in [0.25, 0.3) is 11.8 Å². The second-order valence-corrected chi connectivity index (χ2v) is 4.81. The Labute approximate surface area is 110 Å². The fourth-order valence-electron chi connectivity index (χ4n) is 2.24. The molecule has 0 spiro atoms. The minimum Gasteiger partial charge on any atom is -0.482 e. The number of hydrogen-bond donors (Lipinski definition) is 2. The predicted molar refractivity (Wildman–Crippen MR) is 67.0 cm³/mol. The number of ether oxygens (including phenoxy) is 1. The predicted octanol–water partition coefficient (Wildman–Crippen LogP) is 0.0818. The van der Waals surface area contributed by atoms with Crippen LogP contribution in [0.5, 0.6) is 5.75 Å². The van der Waals surface area contributed by atoms with E-state index in [1.807, 2.05) is 0 Å². The fraction of sp³-hybridized carbons (Fsp3) is 0.385. The first-order valence-electron chi connectivity index (χ1n) is 6.14. The maximum absolute atomic E-state index is 12.1. The van der Waals surface area contributed by atoms with Crippen molar-refractivity contribution >= 4 is 17.5 Å². The van der Waals surface area contributed by atoms with Crippen LogP contribution in [0.3, 0.4) is 0 Å². The van der Waals surface area contributed by atoms with E-state index >= 15 is 0 Å². The third-order valence-corrected chi connectivity index (χ3v) is 3.36. The minimum atomic E-state index is -0.194. The van der Waals surface area contributed by atoms with Gasteiger partial charge in [-0.1, -0.05) is 0 Å². The largest absolute Gasteiger partial charge is 0.482 e. The number of carbonyl (C=O) groups excluding carboxylic acids is 2. The molecule has 0 radical (unpaired) electrons. The summed E-state index contributed by atoms with van der Waals surface area (Å²) in [5.74, 6) is 0.440. The van der Waals surface area contributed by atoms with E-state index in [1.54, 1.807) is 23.1 Å². The maximum atomic E-state index is 12.1. The normalized spacial score (nSPS) is 18.2. The summed E-state index contributed by atoms with van der Waals surface area (Å²) in [5, 5.41) is 11.6. The third-order valence-electron chi connectivity index (χ3n) is 3.36. The SMILES string of the molecule is O=C1COc2cc(C(=O)N3CC(CO)C3)ccc2N1. The lowest BCUT2D eigenvalue weighted by molar-refractivity contribution is -0.118. The van der Waals surface area contributed by atoms with Crippen molar-refractivity contribution in [3.05, 3.63) is 23.8 Å². The molecule has 1 aromatic carbocycles. The van der Waals surface area contributed by atoms with E-state index in [9.17, 15) is 9.59 Å². The van der Waals surface area contributed by atoms with Crippen molar-refractivity contribution in [2.24, 2.45) is 5.92 Å². The molecule has 2 aliphatic heterocycles. The number of amides is 2. The molecular weight excluding hydrogens is 248 g/mol. The number of carbonyl (C=O) groups is 2. The zero-order chi connectivity index (χ0) is 13.4. The highest BCUT2D eigenvalue weighted by molar-refractivity contribution is 5.99. The summed E-state index contributed by atoms with van der Waals surface area (Å²) in [7, 11) is 0. The minimum absolute atomic E-state index is 0.0268. The second-order valence-electron chi connectivity index (χ2n) is 4.81. The molecule has 1 aromatic rings. The molecule has 2 N–H and O–H groups in total. The number of aliphatic hydroxyl groups is 1. The van der Waals surface area contributed by atoms with Crippen molar-refractivity contribution < 1.29 is 19.4 Å². The van der Waals surface area contributed by atoms with Crippen molar-refractivity contribution in [1.29, 1.82) is 0 Å². The zero-order valence-corrected chi connectivity index (χ0v) is 10.3. The number of nitrogens with zero attached hydrogens (tertiary/aromatic N) is 1. The summed E-state index contributed by atoms with van der Waals surface area (Å²) in [4.78, 5) is 25.0. The number of fused-ring (bicyclic) bond motifs is 1. The number of hydrogen-bond acceptors (Lipinski definition) is 4. The standard InChI is InChI=1S/C13H14N2O4/c16-6-8-4-15(5-8)13(18)9-1-2-10-11(3-9)19-7-12(17)14-10/h1-3,8,16H,4-7H2,(H,14,17). The molecule has 0 bridgehead atoms. The Bertz CT molecular complexity index is 537. The van der Waals surface area contributed by atoms with Gasteiger partial charge in [-0.25, -0.2) is 0 Å². The van der Waals surface area contributed by atoms with Gasteiger partial charge in [-0.2, -0.15) is 0 Å². The van der Waals surface area contributed by atoms with Crippen LogP contribution in [-0.4, -0.2) is 48.1 Å². The quantitative estimate of drug-likeness (QED) is 0.791. The number of nitrogens with one attached hydrogen (secondary N) is 1. The van der Waals surface area contributed by atoms with Gasteiger partial charge in [-0.05, 0) is 18.2 Å². The molecule has 2 aliphatic rings. The monoisotopic (exact) mass is 262 g/mol. The van der Waals surface area contributed by atoms with Crippen molar-refractivity contribution in [1.82, 2.24) is 4.90 Å². The Hall–Kier alpha value is -2.08. The van der Waals surface area contributed by atoms with Crippen molar-refractivity contribution in [2.45, 2.75) is 0 Å². The molecule has 3 rings (SSSR count). The molecular formula is C13H14N2O4. The highest BCUT2D eigenvalue weighted by atomic mass is 16.5. The molecule has 0 unspecified atom stereocenters. The second kappa shape index (κ2) is 4.55. The Morgan fingerprint density at radius 1 is 1.47 bits per heavy atom. The number of aliphatic hydroxyl groups excluding tert-OH is 1. The van der Waals surface area contributed by atoms with Crippen LogP contribution in [0.2, 0.25) is 0 Å². The lowest BCUT2D eigenvalue weighted by Gasteiger charge is -2.38. The van der Waals surface area contributed by atoms with Gasteiger partial charge in [0, 0.05) is 31.2 Å². The molecule has 2 amide bonds. The molecule has 0 saturated carbocycles. The highest BCUT2D eigenvalue weighted by Gasteiger charge is 2.31. The first-order chi connectivity index (χ1) is 9.17. The first-order valence-corrected chi connectivity index (χ1v) is 6.14. The molecule has 6 nitrogen and oxygen atoms in total. The summed E-state index contributed by atoms with van der Waals surface area (Å²) in [5.41, 5.74) is 1.12. The first kappa shape index (κ1) is 12.0. The molecule has 0 aromatic heterocycles. The molecule has 2 heterocycles. The molecule has 19 heavy (non-hydrogen) atoms. The van der Waals surface area contributed by atoms with E-state index < -0.39 is 0 Å². The zero-order valence-electron chi connectivity index (χ0n) is 10.3. The topological polar surface area (TPSA) is 78.9 Å². The molecule has 1 saturated heterocycles. The van der Waals surface area contributed by atoms with E-state index in [0.717, 1.165) is 0 Å². The molecule has 6 heteroatoms. The van der Waals surface area contributed by atoms with Gasteiger partial charge in [-0.15, -0.1) is 0 Å². The molecule has 0 aliphatic carbocycles. The average molecular weight is 262 g/mol. The summed E-state index contributed by atoms with van der Waals surface area (Å²) in [6, 6.07) is 4.98. The van der Waals surface area contributed by atoms with E-state index in [1.165, 1.54) is 0 Å². The van der Waals surface area contributed by atoms with Crippen LogP contribution in [0.4, 0.5) is 5.69 Å². The van der Waals surface area contributed by atoms with Gasteiger partial charge < -0.3 is 20.1 Å². The lowest BCUT2D eigenvalue weighted by Crippen LogP contribution is -2.51. The highest BCUT2D eigenvalue weighted by Crippen LogP contribution is 2.29. The van der Waals surface area contributed by atoms with Crippen molar-refractivity contribution in [3.8, 4) is 5.75 Å². The Kier molecular flexibility index (Phi) is 2.87. The average Bonchev–Trinajstić information content (AvgIpc) is 2.36. The molecule has 0 atom stereocenters. The van der Waals surface area contributed by atoms with Gasteiger partial charge in [0.15, 0.2) is 6.61 Å². The van der Waals surface area contributed by atoms with Crippen LogP contribution in [-0.2, 0) is 4.79 Å². The third kappa shape index (κ3) is 2.15. The Morgan fingerprint density at radius 3 is 3.00 bits per heavy atom. The van der Waals surface area contributed by atoms with Gasteiger partial charge in [0.2, 0.25) is 0 Å². The van der Waals surface area contributed by atoms with Gasteiger partial charge in [0.1, 0.15) is 5.75 Å². The number of anilines is 1. The van der Waals surface area contributed by atoms with Crippen LogP contribution < -0.4 is 10.1 Å². The lowest BCUT2D eigenvalue weighted by atomic mass is 10.00. The van der Waals surface area contributed by atoms with Crippen LogP contribution in [0.1, 0.15) is 10.4 Å². The van der Waals surface area contributed by atoms with Gasteiger partial charge in [0.05, 0.1) is 5.69 Å². The van der Waals surface area contributed by atoms with Crippen LogP contribution >= 0.6 is 0 Å². The summed E-state index contributed by atoms with van der Waals surface area (Å²) in [6.07, 6.45) is 0. The molecule has 100 valence electrons. The van der Waals surface area contributed by atoms with E-state index in [4.69, 9.17) is 9.84 Å². The summed E-state index contributed by atoms with van der Waals surface area (Å²) < 4.78 is 5.28. The van der Waals surface area contributed by atoms with Crippen LogP contribution in [0.15, 0.2) is 18.2 Å².